The van der Waals surface area contributed by atoms with E-state index in [4.69, 9.17) is 5.73 Å². The van der Waals surface area contributed by atoms with E-state index in [9.17, 15) is 9.90 Å². The molecule has 2 unspecified atom stereocenters. The molecule has 1 aliphatic rings. The molecule has 5 heteroatoms. The standard InChI is InChI=1S/C14H19BrN2O2/c1-9-2-3-10(7-16)8-17(9)14(19)11-4-5-12(15)13(18)6-11/h4-6,9-10,18H,2-3,7-8,16H2,1H3. The monoisotopic (exact) mass is 326 g/mol. The first kappa shape index (κ1) is 14.3. The molecule has 0 spiro atoms. The highest BCUT2D eigenvalue weighted by Gasteiger charge is 2.29. The normalized spacial score (nSPS) is 23.4. The van der Waals surface area contributed by atoms with Gasteiger partial charge in [-0.1, -0.05) is 0 Å². The molecule has 0 radical (unpaired) electrons. The molecule has 2 atom stereocenters. The van der Waals surface area contributed by atoms with Crippen molar-refractivity contribution >= 4 is 21.8 Å². The van der Waals surface area contributed by atoms with Crippen LogP contribution in [0.1, 0.15) is 30.1 Å². The number of aromatic hydroxyl groups is 1. The highest BCUT2D eigenvalue weighted by atomic mass is 79.9. The van der Waals surface area contributed by atoms with Gasteiger partial charge in [-0.3, -0.25) is 4.79 Å². The third kappa shape index (κ3) is 3.09. The number of halogens is 1. The maximum Gasteiger partial charge on any atom is 0.254 e. The summed E-state index contributed by atoms with van der Waals surface area (Å²) in [6.45, 7) is 3.37. The number of hydrogen-bond acceptors (Lipinski definition) is 3. The Morgan fingerprint density at radius 1 is 1.53 bits per heavy atom. The topological polar surface area (TPSA) is 66.6 Å². The predicted molar refractivity (Wildman–Crippen MR) is 78.1 cm³/mol. The molecular weight excluding hydrogens is 308 g/mol. The lowest BCUT2D eigenvalue weighted by atomic mass is 9.93. The van der Waals surface area contributed by atoms with Crippen LogP contribution in [0.15, 0.2) is 22.7 Å². The van der Waals surface area contributed by atoms with Gasteiger partial charge in [0.25, 0.3) is 5.91 Å². The van der Waals surface area contributed by atoms with Crippen LogP contribution in [-0.4, -0.2) is 35.0 Å². The highest BCUT2D eigenvalue weighted by molar-refractivity contribution is 9.10. The molecule has 1 fully saturated rings. The average Bonchev–Trinajstić information content (AvgIpc) is 2.41. The van der Waals surface area contributed by atoms with Gasteiger partial charge < -0.3 is 15.7 Å². The summed E-state index contributed by atoms with van der Waals surface area (Å²) in [5.41, 5.74) is 6.23. The number of nitrogens with zero attached hydrogens (tertiary/aromatic N) is 1. The molecule has 0 aromatic heterocycles. The van der Waals surface area contributed by atoms with Crippen molar-refractivity contribution in [3.8, 4) is 5.75 Å². The van der Waals surface area contributed by atoms with Crippen LogP contribution >= 0.6 is 15.9 Å². The molecule has 2 rings (SSSR count). The SMILES string of the molecule is CC1CCC(CN)CN1C(=O)c1ccc(Br)c(O)c1. The van der Waals surface area contributed by atoms with E-state index in [0.29, 0.717) is 29.0 Å². The number of rotatable bonds is 2. The fraction of sp³-hybridized carbons (Fsp3) is 0.500. The van der Waals surface area contributed by atoms with Gasteiger partial charge in [-0.2, -0.15) is 0 Å². The van der Waals surface area contributed by atoms with E-state index < -0.39 is 0 Å². The minimum atomic E-state index is -0.0338. The van der Waals surface area contributed by atoms with Crippen LogP contribution < -0.4 is 5.73 Å². The van der Waals surface area contributed by atoms with Crippen LogP contribution in [0.25, 0.3) is 0 Å². The summed E-state index contributed by atoms with van der Waals surface area (Å²) in [6, 6.07) is 5.15. The Morgan fingerprint density at radius 3 is 2.89 bits per heavy atom. The molecule has 1 heterocycles. The lowest BCUT2D eigenvalue weighted by molar-refractivity contribution is 0.0566. The second-order valence-corrected chi connectivity index (χ2v) is 6.01. The summed E-state index contributed by atoms with van der Waals surface area (Å²) in [6.07, 6.45) is 2.06. The first-order valence-corrected chi connectivity index (χ1v) is 7.31. The molecule has 1 saturated heterocycles. The Labute approximate surface area is 121 Å². The molecule has 104 valence electrons. The molecule has 1 amide bonds. The summed E-state index contributed by atoms with van der Waals surface area (Å²) in [4.78, 5) is 14.4. The fourth-order valence-electron chi connectivity index (χ4n) is 2.47. The Hall–Kier alpha value is -1.07. The quantitative estimate of drug-likeness (QED) is 0.876. The third-order valence-corrected chi connectivity index (χ3v) is 4.44. The van der Waals surface area contributed by atoms with Gasteiger partial charge in [0.15, 0.2) is 0 Å². The van der Waals surface area contributed by atoms with Gasteiger partial charge in [0.05, 0.1) is 4.47 Å². The van der Waals surface area contributed by atoms with Gasteiger partial charge in [-0.25, -0.2) is 0 Å². The smallest absolute Gasteiger partial charge is 0.254 e. The summed E-state index contributed by atoms with van der Waals surface area (Å²) in [5.74, 6) is 0.434. The predicted octanol–water partition coefficient (Wildman–Crippen LogP) is 2.35. The summed E-state index contributed by atoms with van der Waals surface area (Å²) < 4.78 is 0.593. The van der Waals surface area contributed by atoms with Crippen LogP contribution in [0.3, 0.4) is 0 Å². The first-order valence-electron chi connectivity index (χ1n) is 6.52. The number of piperidine rings is 1. The second kappa shape index (κ2) is 5.92. The summed E-state index contributed by atoms with van der Waals surface area (Å²) in [7, 11) is 0. The van der Waals surface area contributed by atoms with Crippen LogP contribution in [0.5, 0.6) is 5.75 Å². The minimum absolute atomic E-state index is 0.0338. The van der Waals surface area contributed by atoms with Crippen molar-refractivity contribution in [1.29, 1.82) is 0 Å². The van der Waals surface area contributed by atoms with Crippen LogP contribution in [0.4, 0.5) is 0 Å². The van der Waals surface area contributed by atoms with E-state index in [1.807, 2.05) is 4.90 Å². The number of carbonyl (C=O) groups excluding carboxylic acids is 1. The van der Waals surface area contributed by atoms with Crippen molar-refractivity contribution in [1.82, 2.24) is 4.90 Å². The lowest BCUT2D eigenvalue weighted by Gasteiger charge is -2.37. The number of hydrogen-bond donors (Lipinski definition) is 2. The van der Waals surface area contributed by atoms with Crippen molar-refractivity contribution in [2.24, 2.45) is 11.7 Å². The molecular formula is C14H19BrN2O2. The van der Waals surface area contributed by atoms with Crippen molar-refractivity contribution in [2.45, 2.75) is 25.8 Å². The van der Waals surface area contributed by atoms with Gasteiger partial charge in [0.2, 0.25) is 0 Å². The largest absolute Gasteiger partial charge is 0.507 e. The molecule has 19 heavy (non-hydrogen) atoms. The van der Waals surface area contributed by atoms with Crippen molar-refractivity contribution in [3.63, 3.8) is 0 Å². The van der Waals surface area contributed by atoms with Gasteiger partial charge in [0, 0.05) is 18.2 Å². The van der Waals surface area contributed by atoms with E-state index in [1.165, 1.54) is 6.07 Å². The Kier molecular flexibility index (Phi) is 4.47. The average molecular weight is 327 g/mol. The van der Waals surface area contributed by atoms with E-state index in [0.717, 1.165) is 12.8 Å². The molecule has 4 nitrogen and oxygen atoms in total. The van der Waals surface area contributed by atoms with Crippen LogP contribution in [-0.2, 0) is 0 Å². The number of carbonyl (C=O) groups is 1. The van der Waals surface area contributed by atoms with Gasteiger partial charge in [-0.05, 0) is 66.4 Å². The van der Waals surface area contributed by atoms with Crippen molar-refractivity contribution in [3.05, 3.63) is 28.2 Å². The maximum atomic E-state index is 12.5. The first-order chi connectivity index (χ1) is 9.02. The van der Waals surface area contributed by atoms with Crippen molar-refractivity contribution < 1.29 is 9.90 Å². The molecule has 1 aromatic rings. The molecule has 3 N–H and O–H groups in total. The Morgan fingerprint density at radius 2 is 2.26 bits per heavy atom. The third-order valence-electron chi connectivity index (χ3n) is 3.77. The van der Waals surface area contributed by atoms with E-state index in [2.05, 4.69) is 22.9 Å². The van der Waals surface area contributed by atoms with Crippen LogP contribution in [0, 0.1) is 5.92 Å². The Bertz CT molecular complexity index is 479. The fourth-order valence-corrected chi connectivity index (χ4v) is 2.72. The zero-order valence-electron chi connectivity index (χ0n) is 11.0. The zero-order valence-corrected chi connectivity index (χ0v) is 12.6. The molecule has 0 bridgehead atoms. The van der Waals surface area contributed by atoms with Gasteiger partial charge in [-0.15, -0.1) is 0 Å². The summed E-state index contributed by atoms with van der Waals surface area (Å²) in [5, 5.41) is 9.67. The second-order valence-electron chi connectivity index (χ2n) is 5.15. The van der Waals surface area contributed by atoms with Crippen molar-refractivity contribution in [2.75, 3.05) is 13.1 Å². The molecule has 1 aromatic carbocycles. The number of nitrogens with two attached hydrogens (primary N) is 1. The molecule has 1 aliphatic heterocycles. The number of phenols is 1. The van der Waals surface area contributed by atoms with Gasteiger partial charge in [0.1, 0.15) is 5.75 Å². The number of benzene rings is 1. The van der Waals surface area contributed by atoms with Gasteiger partial charge >= 0.3 is 0 Å². The summed E-state index contributed by atoms with van der Waals surface area (Å²) >= 11 is 3.22. The highest BCUT2D eigenvalue weighted by Crippen LogP contribution is 2.27. The van der Waals surface area contributed by atoms with Crippen LogP contribution in [0.2, 0.25) is 0 Å². The minimum Gasteiger partial charge on any atom is -0.507 e. The molecule has 0 aliphatic carbocycles. The number of likely N-dealkylation sites (tertiary alicyclic amines) is 1. The maximum absolute atomic E-state index is 12.5. The lowest BCUT2D eigenvalue weighted by Crippen LogP contribution is -2.47. The number of amides is 1. The Balaban J connectivity index is 2.19. The number of phenolic OH excluding ortho intramolecular Hbond substituents is 1. The zero-order chi connectivity index (χ0) is 14.0. The van der Waals surface area contributed by atoms with E-state index in [-0.39, 0.29) is 17.7 Å². The van der Waals surface area contributed by atoms with E-state index in [1.54, 1.807) is 12.1 Å². The molecule has 0 saturated carbocycles. The van der Waals surface area contributed by atoms with E-state index >= 15 is 0 Å².